The maximum Gasteiger partial charge on any atom is 0.00961 e. The first-order valence-electron chi connectivity index (χ1n) is 6.21. The summed E-state index contributed by atoms with van der Waals surface area (Å²) in [6.45, 7) is 2.53. The highest BCUT2D eigenvalue weighted by molar-refractivity contribution is 4.86. The third-order valence-corrected chi connectivity index (χ3v) is 4.23. The van der Waals surface area contributed by atoms with Gasteiger partial charge in [0.15, 0.2) is 0 Å². The molecule has 2 nitrogen and oxygen atoms in total. The van der Waals surface area contributed by atoms with Crippen molar-refractivity contribution < 1.29 is 0 Å². The van der Waals surface area contributed by atoms with Gasteiger partial charge in [-0.2, -0.15) is 0 Å². The lowest BCUT2D eigenvalue weighted by molar-refractivity contribution is 0.195. The molecular formula is C12H24N2. The first-order chi connectivity index (χ1) is 6.77. The van der Waals surface area contributed by atoms with Gasteiger partial charge in [0.05, 0.1) is 0 Å². The molecule has 0 aromatic rings. The number of rotatable bonds is 2. The molecule has 2 heteroatoms. The number of nitrogens with zero attached hydrogens (tertiary/aromatic N) is 1. The van der Waals surface area contributed by atoms with Gasteiger partial charge in [-0.3, -0.25) is 0 Å². The Morgan fingerprint density at radius 1 is 1.00 bits per heavy atom. The Labute approximate surface area is 87.8 Å². The standard InChI is InChI=1S/C12H24N2/c1-14-8-3-6-11(7-9-14)12(13)10-4-2-5-10/h10-12H,2-9,13H2,1H3. The lowest BCUT2D eigenvalue weighted by Gasteiger charge is -2.36. The van der Waals surface area contributed by atoms with Gasteiger partial charge in [-0.15, -0.1) is 0 Å². The van der Waals surface area contributed by atoms with E-state index in [0.29, 0.717) is 6.04 Å². The molecule has 1 aliphatic heterocycles. The van der Waals surface area contributed by atoms with Gasteiger partial charge in [0, 0.05) is 6.04 Å². The first kappa shape index (κ1) is 10.4. The lowest BCUT2D eigenvalue weighted by atomic mass is 9.73. The molecule has 2 fully saturated rings. The van der Waals surface area contributed by atoms with Gasteiger partial charge in [-0.25, -0.2) is 0 Å². The van der Waals surface area contributed by atoms with Gasteiger partial charge in [-0.1, -0.05) is 6.42 Å². The average molecular weight is 196 g/mol. The fourth-order valence-electron chi connectivity index (χ4n) is 2.86. The highest BCUT2D eigenvalue weighted by atomic mass is 15.1. The molecule has 2 N–H and O–H groups in total. The molecule has 2 aliphatic rings. The third kappa shape index (κ3) is 2.29. The normalized spacial score (nSPS) is 33.4. The predicted molar refractivity (Wildman–Crippen MR) is 60.2 cm³/mol. The van der Waals surface area contributed by atoms with Crippen LogP contribution in [0.1, 0.15) is 38.5 Å². The molecule has 0 aromatic carbocycles. The minimum atomic E-state index is 0.509. The van der Waals surface area contributed by atoms with Crippen molar-refractivity contribution in [1.82, 2.24) is 4.90 Å². The fourth-order valence-corrected chi connectivity index (χ4v) is 2.86. The average Bonchev–Trinajstić information content (AvgIpc) is 2.26. The number of hydrogen-bond donors (Lipinski definition) is 1. The van der Waals surface area contributed by atoms with E-state index in [2.05, 4.69) is 11.9 Å². The summed E-state index contributed by atoms with van der Waals surface area (Å²) < 4.78 is 0. The molecule has 1 saturated heterocycles. The van der Waals surface area contributed by atoms with Crippen molar-refractivity contribution in [2.24, 2.45) is 17.6 Å². The summed E-state index contributed by atoms with van der Waals surface area (Å²) in [6, 6.07) is 0.509. The Kier molecular flexibility index (Phi) is 3.45. The van der Waals surface area contributed by atoms with E-state index in [4.69, 9.17) is 5.73 Å². The number of hydrogen-bond acceptors (Lipinski definition) is 2. The zero-order valence-electron chi connectivity index (χ0n) is 9.41. The summed E-state index contributed by atoms with van der Waals surface area (Å²) in [5.74, 6) is 1.67. The van der Waals surface area contributed by atoms with Crippen LogP contribution in [0.3, 0.4) is 0 Å². The molecule has 82 valence electrons. The van der Waals surface area contributed by atoms with Gasteiger partial charge >= 0.3 is 0 Å². The SMILES string of the molecule is CN1CCCC(C(N)C2CCC2)CC1. The highest BCUT2D eigenvalue weighted by Gasteiger charge is 2.30. The summed E-state index contributed by atoms with van der Waals surface area (Å²) in [7, 11) is 2.23. The Morgan fingerprint density at radius 2 is 1.64 bits per heavy atom. The van der Waals surface area contributed by atoms with Gasteiger partial charge in [0.1, 0.15) is 0 Å². The molecule has 0 spiro atoms. The van der Waals surface area contributed by atoms with Crippen LogP contribution < -0.4 is 5.73 Å². The van der Waals surface area contributed by atoms with Crippen molar-refractivity contribution in [2.75, 3.05) is 20.1 Å². The molecule has 14 heavy (non-hydrogen) atoms. The van der Waals surface area contributed by atoms with Crippen molar-refractivity contribution in [2.45, 2.75) is 44.6 Å². The van der Waals surface area contributed by atoms with Crippen LogP contribution in [0.15, 0.2) is 0 Å². The number of nitrogens with two attached hydrogens (primary N) is 1. The van der Waals surface area contributed by atoms with E-state index in [9.17, 15) is 0 Å². The van der Waals surface area contributed by atoms with Crippen molar-refractivity contribution in [3.05, 3.63) is 0 Å². The summed E-state index contributed by atoms with van der Waals surface area (Å²) >= 11 is 0. The Balaban J connectivity index is 1.83. The van der Waals surface area contributed by atoms with Crippen LogP contribution in [-0.4, -0.2) is 31.1 Å². The molecule has 0 bridgehead atoms. The molecule has 0 radical (unpaired) electrons. The van der Waals surface area contributed by atoms with Crippen molar-refractivity contribution in [3.63, 3.8) is 0 Å². The van der Waals surface area contributed by atoms with Crippen LogP contribution in [0, 0.1) is 11.8 Å². The maximum absolute atomic E-state index is 6.35. The largest absolute Gasteiger partial charge is 0.327 e. The van der Waals surface area contributed by atoms with E-state index in [-0.39, 0.29) is 0 Å². The number of likely N-dealkylation sites (tertiary alicyclic amines) is 1. The molecule has 0 amide bonds. The van der Waals surface area contributed by atoms with E-state index in [1.807, 2.05) is 0 Å². The molecule has 2 atom stereocenters. The summed E-state index contributed by atoms with van der Waals surface area (Å²) in [4.78, 5) is 2.45. The Morgan fingerprint density at radius 3 is 2.29 bits per heavy atom. The topological polar surface area (TPSA) is 29.3 Å². The fraction of sp³-hybridized carbons (Fsp3) is 1.00. The van der Waals surface area contributed by atoms with Crippen LogP contribution in [0.25, 0.3) is 0 Å². The molecule has 1 saturated carbocycles. The summed E-state index contributed by atoms with van der Waals surface area (Å²) in [6.07, 6.45) is 8.25. The quantitative estimate of drug-likeness (QED) is 0.730. The molecule has 1 heterocycles. The minimum Gasteiger partial charge on any atom is -0.327 e. The van der Waals surface area contributed by atoms with Crippen LogP contribution in [0.2, 0.25) is 0 Å². The van der Waals surface area contributed by atoms with E-state index in [0.717, 1.165) is 11.8 Å². The molecule has 0 aromatic heterocycles. The van der Waals surface area contributed by atoms with Crippen LogP contribution >= 0.6 is 0 Å². The van der Waals surface area contributed by atoms with E-state index in [1.165, 1.54) is 51.6 Å². The van der Waals surface area contributed by atoms with E-state index >= 15 is 0 Å². The summed E-state index contributed by atoms with van der Waals surface area (Å²) in [5.41, 5.74) is 6.35. The Hall–Kier alpha value is -0.0800. The van der Waals surface area contributed by atoms with E-state index < -0.39 is 0 Å². The molecule has 1 aliphatic carbocycles. The lowest BCUT2D eigenvalue weighted by Crippen LogP contribution is -2.41. The smallest absolute Gasteiger partial charge is 0.00961 e. The minimum absolute atomic E-state index is 0.509. The molecule has 2 rings (SSSR count). The third-order valence-electron chi connectivity index (χ3n) is 4.23. The van der Waals surface area contributed by atoms with Crippen LogP contribution in [-0.2, 0) is 0 Å². The van der Waals surface area contributed by atoms with Crippen molar-refractivity contribution in [3.8, 4) is 0 Å². The predicted octanol–water partition coefficient (Wildman–Crippen LogP) is 1.85. The highest BCUT2D eigenvalue weighted by Crippen LogP contribution is 2.34. The zero-order chi connectivity index (χ0) is 9.97. The second-order valence-electron chi connectivity index (χ2n) is 5.26. The van der Waals surface area contributed by atoms with Crippen LogP contribution in [0.4, 0.5) is 0 Å². The van der Waals surface area contributed by atoms with Crippen LogP contribution in [0.5, 0.6) is 0 Å². The van der Waals surface area contributed by atoms with Gasteiger partial charge < -0.3 is 10.6 Å². The van der Waals surface area contributed by atoms with E-state index in [1.54, 1.807) is 0 Å². The first-order valence-corrected chi connectivity index (χ1v) is 6.21. The monoisotopic (exact) mass is 196 g/mol. The van der Waals surface area contributed by atoms with Crippen molar-refractivity contribution in [1.29, 1.82) is 0 Å². The molecular weight excluding hydrogens is 172 g/mol. The second-order valence-corrected chi connectivity index (χ2v) is 5.26. The Bertz CT molecular complexity index is 177. The van der Waals surface area contributed by atoms with Gasteiger partial charge in [0.2, 0.25) is 0 Å². The molecule has 2 unspecified atom stereocenters. The van der Waals surface area contributed by atoms with Gasteiger partial charge in [-0.05, 0) is 64.1 Å². The summed E-state index contributed by atoms with van der Waals surface area (Å²) in [5, 5.41) is 0. The zero-order valence-corrected chi connectivity index (χ0v) is 9.41. The second kappa shape index (κ2) is 4.63. The van der Waals surface area contributed by atoms with Gasteiger partial charge in [0.25, 0.3) is 0 Å². The maximum atomic E-state index is 6.35. The van der Waals surface area contributed by atoms with Crippen molar-refractivity contribution >= 4 is 0 Å².